The van der Waals surface area contributed by atoms with E-state index >= 15 is 0 Å². The van der Waals surface area contributed by atoms with Crippen molar-refractivity contribution in [2.45, 2.75) is 20.4 Å². The molecule has 0 saturated carbocycles. The summed E-state index contributed by atoms with van der Waals surface area (Å²) in [4.78, 5) is 23.8. The van der Waals surface area contributed by atoms with E-state index in [9.17, 15) is 14.7 Å². The summed E-state index contributed by atoms with van der Waals surface area (Å²) in [6.07, 6.45) is 0. The molecule has 0 bridgehead atoms. The number of nitrogens with one attached hydrogen (secondary N) is 1. The number of carbonyl (C=O) groups is 2. The summed E-state index contributed by atoms with van der Waals surface area (Å²) in [5.41, 5.74) is 0.225. The average Bonchev–Trinajstić information content (AvgIpc) is 3.06. The van der Waals surface area contributed by atoms with Gasteiger partial charge in [-0.05, 0) is 38.1 Å². The van der Waals surface area contributed by atoms with Gasteiger partial charge in [-0.1, -0.05) is 11.6 Å². The Labute approximate surface area is 149 Å². The first-order valence-corrected chi connectivity index (χ1v) is 8.03. The van der Waals surface area contributed by atoms with Gasteiger partial charge in [0, 0.05) is 5.56 Å². The zero-order valence-corrected chi connectivity index (χ0v) is 14.6. The zero-order valence-electron chi connectivity index (χ0n) is 13.8. The SMILES string of the molecule is CCOC(=O)c1ccc(CNC(=O)c2cc(Cl)c(O)c(OCC)c2)o1. The molecule has 0 spiro atoms. The van der Waals surface area contributed by atoms with Gasteiger partial charge in [0.25, 0.3) is 5.91 Å². The largest absolute Gasteiger partial charge is 0.503 e. The topological polar surface area (TPSA) is 98.0 Å². The molecule has 0 fully saturated rings. The second kappa shape index (κ2) is 8.43. The predicted molar refractivity (Wildman–Crippen MR) is 90.1 cm³/mol. The Hall–Kier alpha value is -2.67. The van der Waals surface area contributed by atoms with Crippen LogP contribution < -0.4 is 10.1 Å². The van der Waals surface area contributed by atoms with Crippen LogP contribution >= 0.6 is 11.6 Å². The van der Waals surface area contributed by atoms with E-state index in [1.165, 1.54) is 18.2 Å². The maximum Gasteiger partial charge on any atom is 0.374 e. The van der Waals surface area contributed by atoms with E-state index in [1.807, 2.05) is 0 Å². The van der Waals surface area contributed by atoms with Crippen molar-refractivity contribution in [1.82, 2.24) is 5.32 Å². The normalized spacial score (nSPS) is 10.4. The minimum atomic E-state index is -0.563. The minimum Gasteiger partial charge on any atom is -0.503 e. The standard InChI is InChI=1S/C17H18ClNO6/c1-3-23-14-8-10(7-12(18)15(14)20)16(21)19-9-11-5-6-13(25-11)17(22)24-4-2/h5-8,20H,3-4,9H2,1-2H3,(H,19,21). The lowest BCUT2D eigenvalue weighted by molar-refractivity contribution is 0.0488. The summed E-state index contributed by atoms with van der Waals surface area (Å²) in [6, 6.07) is 5.78. The number of phenolic OH excluding ortho intramolecular Hbond substituents is 1. The molecule has 0 atom stereocenters. The van der Waals surface area contributed by atoms with Crippen LogP contribution in [0.5, 0.6) is 11.5 Å². The van der Waals surface area contributed by atoms with Crippen LogP contribution in [0.4, 0.5) is 0 Å². The van der Waals surface area contributed by atoms with Crippen molar-refractivity contribution in [3.8, 4) is 11.5 Å². The number of furan rings is 1. The number of rotatable bonds is 7. The molecule has 8 heteroatoms. The molecule has 1 amide bonds. The van der Waals surface area contributed by atoms with Crippen molar-refractivity contribution in [2.24, 2.45) is 0 Å². The quantitative estimate of drug-likeness (QED) is 0.729. The summed E-state index contributed by atoms with van der Waals surface area (Å²) in [6.45, 7) is 4.08. The Kier molecular flexibility index (Phi) is 6.30. The first-order valence-electron chi connectivity index (χ1n) is 7.65. The second-order valence-corrected chi connectivity index (χ2v) is 5.31. The smallest absolute Gasteiger partial charge is 0.374 e. The van der Waals surface area contributed by atoms with Gasteiger partial charge in [0.05, 0.1) is 24.8 Å². The third kappa shape index (κ3) is 4.67. The maximum absolute atomic E-state index is 12.2. The number of carbonyl (C=O) groups excluding carboxylic acids is 2. The number of hydrogen-bond donors (Lipinski definition) is 2. The molecule has 1 heterocycles. The van der Waals surface area contributed by atoms with Gasteiger partial charge in [-0.3, -0.25) is 4.79 Å². The summed E-state index contributed by atoms with van der Waals surface area (Å²) in [5, 5.41) is 12.4. The Morgan fingerprint density at radius 2 is 2.00 bits per heavy atom. The van der Waals surface area contributed by atoms with Crippen molar-refractivity contribution >= 4 is 23.5 Å². The zero-order chi connectivity index (χ0) is 18.4. The van der Waals surface area contributed by atoms with Crippen molar-refractivity contribution in [1.29, 1.82) is 0 Å². The molecular weight excluding hydrogens is 350 g/mol. The van der Waals surface area contributed by atoms with Crippen LogP contribution in [-0.4, -0.2) is 30.2 Å². The van der Waals surface area contributed by atoms with Crippen LogP contribution in [0.25, 0.3) is 0 Å². The molecule has 0 unspecified atom stereocenters. The fourth-order valence-electron chi connectivity index (χ4n) is 2.02. The summed E-state index contributed by atoms with van der Waals surface area (Å²) >= 11 is 5.90. The van der Waals surface area contributed by atoms with Crippen molar-refractivity contribution in [3.05, 3.63) is 46.4 Å². The number of phenols is 1. The van der Waals surface area contributed by atoms with Crippen LogP contribution in [0.15, 0.2) is 28.7 Å². The number of esters is 1. The van der Waals surface area contributed by atoms with Gasteiger partial charge in [0.15, 0.2) is 11.5 Å². The highest BCUT2D eigenvalue weighted by Crippen LogP contribution is 2.35. The second-order valence-electron chi connectivity index (χ2n) is 4.91. The molecule has 0 saturated heterocycles. The number of ether oxygens (including phenoxy) is 2. The van der Waals surface area contributed by atoms with Gasteiger partial charge >= 0.3 is 5.97 Å². The van der Waals surface area contributed by atoms with Gasteiger partial charge in [-0.15, -0.1) is 0 Å². The molecule has 0 aliphatic carbocycles. The van der Waals surface area contributed by atoms with Crippen LogP contribution in [0, 0.1) is 0 Å². The monoisotopic (exact) mass is 367 g/mol. The fourth-order valence-corrected chi connectivity index (χ4v) is 2.24. The Bertz CT molecular complexity index is 770. The molecule has 0 aliphatic heterocycles. The number of halogens is 1. The molecule has 0 radical (unpaired) electrons. The third-order valence-corrected chi connectivity index (χ3v) is 3.44. The van der Waals surface area contributed by atoms with E-state index in [0.717, 1.165) is 0 Å². The Morgan fingerprint density at radius 3 is 2.68 bits per heavy atom. The molecule has 1 aromatic carbocycles. The van der Waals surface area contributed by atoms with Gasteiger partial charge in [-0.25, -0.2) is 4.79 Å². The number of benzene rings is 1. The van der Waals surface area contributed by atoms with Crippen molar-refractivity contribution < 1.29 is 28.6 Å². The van der Waals surface area contributed by atoms with Gasteiger partial charge in [0.2, 0.25) is 5.76 Å². The molecule has 7 nitrogen and oxygen atoms in total. The van der Waals surface area contributed by atoms with Crippen molar-refractivity contribution in [3.63, 3.8) is 0 Å². The van der Waals surface area contributed by atoms with Crippen LogP contribution in [0.1, 0.15) is 40.5 Å². The first kappa shape index (κ1) is 18.7. The van der Waals surface area contributed by atoms with Crippen LogP contribution in [0.3, 0.4) is 0 Å². The molecule has 2 aromatic rings. The Morgan fingerprint density at radius 1 is 1.24 bits per heavy atom. The molecule has 2 rings (SSSR count). The van der Waals surface area contributed by atoms with E-state index in [1.54, 1.807) is 19.9 Å². The van der Waals surface area contributed by atoms with E-state index in [0.29, 0.717) is 12.4 Å². The molecule has 0 aliphatic rings. The molecule has 25 heavy (non-hydrogen) atoms. The third-order valence-electron chi connectivity index (χ3n) is 3.15. The lowest BCUT2D eigenvalue weighted by Gasteiger charge is -2.10. The summed E-state index contributed by atoms with van der Waals surface area (Å²) < 4.78 is 15.4. The highest BCUT2D eigenvalue weighted by molar-refractivity contribution is 6.32. The molecule has 2 N–H and O–H groups in total. The Balaban J connectivity index is 2.04. The number of aromatic hydroxyl groups is 1. The molecule has 134 valence electrons. The van der Waals surface area contributed by atoms with E-state index in [2.05, 4.69) is 5.32 Å². The summed E-state index contributed by atoms with van der Waals surface area (Å²) in [7, 11) is 0. The fraction of sp³-hybridized carbons (Fsp3) is 0.294. The highest BCUT2D eigenvalue weighted by atomic mass is 35.5. The van der Waals surface area contributed by atoms with Gasteiger partial charge in [-0.2, -0.15) is 0 Å². The first-order chi connectivity index (χ1) is 12.0. The van der Waals surface area contributed by atoms with E-state index in [4.69, 9.17) is 25.5 Å². The lowest BCUT2D eigenvalue weighted by Crippen LogP contribution is -2.22. The van der Waals surface area contributed by atoms with Crippen LogP contribution in [-0.2, 0) is 11.3 Å². The van der Waals surface area contributed by atoms with Gasteiger partial charge in [0.1, 0.15) is 5.76 Å². The van der Waals surface area contributed by atoms with E-state index < -0.39 is 11.9 Å². The molecule has 1 aromatic heterocycles. The summed E-state index contributed by atoms with van der Waals surface area (Å²) in [5.74, 6) is -0.625. The minimum absolute atomic E-state index is 0.0127. The lowest BCUT2D eigenvalue weighted by atomic mass is 10.2. The number of hydrogen-bond acceptors (Lipinski definition) is 6. The maximum atomic E-state index is 12.2. The predicted octanol–water partition coefficient (Wildman–Crippen LogP) is 3.14. The van der Waals surface area contributed by atoms with Crippen molar-refractivity contribution in [2.75, 3.05) is 13.2 Å². The number of amides is 1. The van der Waals surface area contributed by atoms with Gasteiger partial charge < -0.3 is 24.3 Å². The average molecular weight is 368 g/mol. The van der Waals surface area contributed by atoms with Crippen LogP contribution in [0.2, 0.25) is 5.02 Å². The van der Waals surface area contributed by atoms with E-state index in [-0.39, 0.29) is 41.0 Å². The highest BCUT2D eigenvalue weighted by Gasteiger charge is 2.16. The molecular formula is C17H18ClNO6.